The van der Waals surface area contributed by atoms with Crippen LogP contribution < -0.4 is 5.73 Å². The van der Waals surface area contributed by atoms with Crippen LogP contribution in [0.4, 0.5) is 10.3 Å². The Balaban J connectivity index is 2.21. The maximum absolute atomic E-state index is 14.1. The largest absolute Gasteiger partial charge is 0.367 e. The molecule has 0 bridgehead atoms. The first-order chi connectivity index (χ1) is 10.1. The number of benzene rings is 2. The second kappa shape index (κ2) is 5.61. The molecular weight excluding hydrogens is 403 g/mol. The van der Waals surface area contributed by atoms with Crippen LogP contribution in [0.15, 0.2) is 55.9 Å². The molecule has 0 fully saturated rings. The second-order valence-electron chi connectivity index (χ2n) is 4.40. The fourth-order valence-corrected chi connectivity index (χ4v) is 2.69. The summed E-state index contributed by atoms with van der Waals surface area (Å²) < 4.78 is 20.8. The van der Waals surface area contributed by atoms with Crippen LogP contribution in [0.25, 0.3) is 22.4 Å². The first-order valence-electron chi connectivity index (χ1n) is 6.03. The number of hydrogen-bond donors (Lipinski definition) is 1. The van der Waals surface area contributed by atoms with Crippen molar-refractivity contribution in [3.05, 3.63) is 57.2 Å². The molecule has 0 aliphatic heterocycles. The van der Waals surface area contributed by atoms with Crippen molar-refractivity contribution in [1.82, 2.24) is 5.16 Å². The van der Waals surface area contributed by atoms with Crippen LogP contribution in [0.5, 0.6) is 0 Å². The van der Waals surface area contributed by atoms with Gasteiger partial charge in [-0.1, -0.05) is 49.1 Å². The van der Waals surface area contributed by atoms with E-state index >= 15 is 0 Å². The third-order valence-corrected chi connectivity index (χ3v) is 4.06. The zero-order valence-corrected chi connectivity index (χ0v) is 13.8. The van der Waals surface area contributed by atoms with Crippen molar-refractivity contribution in [2.75, 3.05) is 5.73 Å². The van der Waals surface area contributed by atoms with E-state index in [1.54, 1.807) is 12.1 Å². The second-order valence-corrected chi connectivity index (χ2v) is 6.23. The number of aromatic nitrogens is 1. The molecule has 0 spiro atoms. The average molecular weight is 412 g/mol. The lowest BCUT2D eigenvalue weighted by atomic mass is 10.0. The Bertz CT molecular complexity index is 800. The van der Waals surface area contributed by atoms with Gasteiger partial charge in [-0.2, -0.15) is 0 Å². The van der Waals surface area contributed by atoms with E-state index in [1.165, 1.54) is 6.07 Å². The van der Waals surface area contributed by atoms with E-state index in [4.69, 9.17) is 10.3 Å². The van der Waals surface area contributed by atoms with Crippen LogP contribution in [0.2, 0.25) is 0 Å². The topological polar surface area (TPSA) is 52.0 Å². The number of halogens is 3. The molecule has 3 rings (SSSR count). The fraction of sp³-hybridized carbons (Fsp3) is 0. The predicted molar refractivity (Wildman–Crippen MR) is 87.1 cm³/mol. The van der Waals surface area contributed by atoms with Crippen molar-refractivity contribution in [3.63, 3.8) is 0 Å². The number of nitrogens with zero attached hydrogens (tertiary/aromatic N) is 1. The van der Waals surface area contributed by atoms with Gasteiger partial charge in [-0.3, -0.25) is 0 Å². The predicted octanol–water partition coefficient (Wildman–Crippen LogP) is 5.25. The summed E-state index contributed by atoms with van der Waals surface area (Å²) in [5, 5.41) is 3.91. The molecule has 0 radical (unpaired) electrons. The van der Waals surface area contributed by atoms with Gasteiger partial charge in [-0.05, 0) is 35.9 Å². The standard InChI is InChI=1S/C15H9Br2FN2O/c16-9-3-1-8(2-4-9)13-14(20-21-15(13)19)11-7-10(17)5-6-12(11)18/h1-7H,19H2. The van der Waals surface area contributed by atoms with E-state index in [9.17, 15) is 4.39 Å². The highest BCUT2D eigenvalue weighted by Gasteiger charge is 2.20. The van der Waals surface area contributed by atoms with Crippen molar-refractivity contribution >= 4 is 37.7 Å². The molecule has 0 saturated carbocycles. The van der Waals surface area contributed by atoms with Crippen molar-refractivity contribution in [2.24, 2.45) is 0 Å². The van der Waals surface area contributed by atoms with Crippen LogP contribution in [0.1, 0.15) is 0 Å². The van der Waals surface area contributed by atoms with Gasteiger partial charge in [0.25, 0.3) is 0 Å². The van der Waals surface area contributed by atoms with Crippen molar-refractivity contribution < 1.29 is 8.91 Å². The zero-order valence-electron chi connectivity index (χ0n) is 10.6. The van der Waals surface area contributed by atoms with Gasteiger partial charge >= 0.3 is 0 Å². The SMILES string of the molecule is Nc1onc(-c2cc(Br)ccc2F)c1-c1ccc(Br)cc1. The molecule has 3 aromatic rings. The highest BCUT2D eigenvalue weighted by Crippen LogP contribution is 2.38. The monoisotopic (exact) mass is 410 g/mol. The normalized spacial score (nSPS) is 10.8. The molecule has 0 aliphatic carbocycles. The molecule has 21 heavy (non-hydrogen) atoms. The lowest BCUT2D eigenvalue weighted by Crippen LogP contribution is -1.90. The molecule has 3 nitrogen and oxygen atoms in total. The first-order valence-corrected chi connectivity index (χ1v) is 7.61. The Hall–Kier alpha value is -1.66. The van der Waals surface area contributed by atoms with Crippen LogP contribution in [-0.2, 0) is 0 Å². The molecule has 0 saturated heterocycles. The molecule has 0 atom stereocenters. The Morgan fingerprint density at radius 1 is 1.00 bits per heavy atom. The quantitative estimate of drug-likeness (QED) is 0.626. The Labute approximate surface area is 137 Å². The van der Waals surface area contributed by atoms with Crippen molar-refractivity contribution in [1.29, 1.82) is 0 Å². The minimum absolute atomic E-state index is 0.159. The number of hydrogen-bond acceptors (Lipinski definition) is 3. The van der Waals surface area contributed by atoms with E-state index in [0.29, 0.717) is 16.8 Å². The van der Waals surface area contributed by atoms with E-state index < -0.39 is 0 Å². The summed E-state index contributed by atoms with van der Waals surface area (Å²) >= 11 is 6.70. The number of nitrogen functional groups attached to an aromatic ring is 1. The third kappa shape index (κ3) is 2.73. The van der Waals surface area contributed by atoms with Gasteiger partial charge in [0.15, 0.2) is 0 Å². The van der Waals surface area contributed by atoms with Gasteiger partial charge in [0, 0.05) is 14.5 Å². The van der Waals surface area contributed by atoms with Gasteiger partial charge in [0.1, 0.15) is 11.5 Å². The molecule has 0 unspecified atom stereocenters. The summed E-state index contributed by atoms with van der Waals surface area (Å²) in [5.41, 5.74) is 7.98. The van der Waals surface area contributed by atoms with Crippen molar-refractivity contribution in [2.45, 2.75) is 0 Å². The van der Waals surface area contributed by atoms with E-state index in [1.807, 2.05) is 24.3 Å². The molecule has 2 aromatic carbocycles. The van der Waals surface area contributed by atoms with E-state index in [0.717, 1.165) is 14.5 Å². The molecule has 1 aromatic heterocycles. The van der Waals surface area contributed by atoms with Crippen molar-refractivity contribution in [3.8, 4) is 22.4 Å². The Morgan fingerprint density at radius 3 is 2.38 bits per heavy atom. The summed E-state index contributed by atoms with van der Waals surface area (Å²) in [6, 6.07) is 12.1. The average Bonchev–Trinajstić information content (AvgIpc) is 2.84. The third-order valence-electron chi connectivity index (χ3n) is 3.03. The Morgan fingerprint density at radius 2 is 1.67 bits per heavy atom. The molecule has 6 heteroatoms. The van der Waals surface area contributed by atoms with Gasteiger partial charge in [-0.25, -0.2) is 4.39 Å². The molecular formula is C15H9Br2FN2O. The van der Waals surface area contributed by atoms with E-state index in [-0.39, 0.29) is 11.7 Å². The molecule has 106 valence electrons. The van der Waals surface area contributed by atoms with Crippen LogP contribution in [-0.4, -0.2) is 5.16 Å². The lowest BCUT2D eigenvalue weighted by molar-refractivity contribution is 0.439. The summed E-state index contributed by atoms with van der Waals surface area (Å²) in [5.74, 6) is -0.225. The summed E-state index contributed by atoms with van der Waals surface area (Å²) in [4.78, 5) is 0. The maximum Gasteiger partial charge on any atom is 0.230 e. The summed E-state index contributed by atoms with van der Waals surface area (Å²) in [7, 11) is 0. The maximum atomic E-state index is 14.1. The van der Waals surface area contributed by atoms with Gasteiger partial charge in [0.05, 0.1) is 5.56 Å². The van der Waals surface area contributed by atoms with Crippen LogP contribution in [0.3, 0.4) is 0 Å². The van der Waals surface area contributed by atoms with Crippen LogP contribution >= 0.6 is 31.9 Å². The molecule has 0 aliphatic rings. The fourth-order valence-electron chi connectivity index (χ4n) is 2.06. The van der Waals surface area contributed by atoms with Crippen LogP contribution in [0, 0.1) is 5.82 Å². The molecule has 0 amide bonds. The van der Waals surface area contributed by atoms with E-state index in [2.05, 4.69) is 37.0 Å². The summed E-state index contributed by atoms with van der Waals surface area (Å²) in [6.07, 6.45) is 0. The van der Waals surface area contributed by atoms with Gasteiger partial charge in [0.2, 0.25) is 5.88 Å². The van der Waals surface area contributed by atoms with Gasteiger partial charge < -0.3 is 10.3 Å². The lowest BCUT2D eigenvalue weighted by Gasteiger charge is -2.05. The number of nitrogens with two attached hydrogens (primary N) is 1. The zero-order chi connectivity index (χ0) is 15.0. The first kappa shape index (κ1) is 14.3. The summed E-state index contributed by atoms with van der Waals surface area (Å²) in [6.45, 7) is 0. The minimum atomic E-state index is -0.384. The van der Waals surface area contributed by atoms with Gasteiger partial charge in [-0.15, -0.1) is 0 Å². The Kier molecular flexibility index (Phi) is 3.82. The number of rotatable bonds is 2. The molecule has 1 heterocycles. The highest BCUT2D eigenvalue weighted by atomic mass is 79.9. The number of anilines is 1. The molecule has 2 N–H and O–H groups in total. The minimum Gasteiger partial charge on any atom is -0.367 e. The smallest absolute Gasteiger partial charge is 0.230 e. The highest BCUT2D eigenvalue weighted by molar-refractivity contribution is 9.10.